The number of ether oxygens (including phenoxy) is 1. The summed E-state index contributed by atoms with van der Waals surface area (Å²) in [4.78, 5) is 25.2. The molecule has 0 saturated carbocycles. The monoisotopic (exact) mass is 746 g/mol. The van der Waals surface area contributed by atoms with Crippen LogP contribution < -0.4 is 20.7 Å². The minimum Gasteiger partial charge on any atom is -0.417 e. The maximum absolute atomic E-state index is 13.5. The van der Waals surface area contributed by atoms with Crippen LogP contribution in [0, 0.1) is 6.92 Å². The van der Waals surface area contributed by atoms with Gasteiger partial charge in [0.15, 0.2) is 5.82 Å². The van der Waals surface area contributed by atoms with Crippen LogP contribution >= 0.6 is 50.5 Å². The molecule has 8 nitrogen and oxygen atoms in total. The molecular formula is C32H27BrCl2F2N6O2S. The maximum Gasteiger partial charge on any atom is 0.388 e. The number of rotatable bonds is 11. The number of pyridine rings is 2. The number of thiazole rings is 1. The van der Waals surface area contributed by atoms with Crippen molar-refractivity contribution in [2.24, 2.45) is 0 Å². The molecule has 1 saturated heterocycles. The summed E-state index contributed by atoms with van der Waals surface area (Å²) in [5.41, 5.74) is 4.75. The third kappa shape index (κ3) is 6.96. The molecule has 1 amide bonds. The largest absolute Gasteiger partial charge is 0.417 e. The Hall–Kier alpha value is -3.42. The van der Waals surface area contributed by atoms with Crippen LogP contribution in [0.5, 0.6) is 5.88 Å². The van der Waals surface area contributed by atoms with E-state index in [1.54, 1.807) is 36.6 Å². The molecule has 5 aromatic rings. The molecule has 14 heteroatoms. The Morgan fingerprint density at radius 1 is 1.11 bits per heavy atom. The minimum atomic E-state index is -3.07. The zero-order valence-corrected chi connectivity index (χ0v) is 28.3. The van der Waals surface area contributed by atoms with E-state index in [-0.39, 0.29) is 24.4 Å². The summed E-state index contributed by atoms with van der Waals surface area (Å²) in [6.45, 7) is -0.533. The topological polar surface area (TPSA) is 101 Å². The van der Waals surface area contributed by atoms with Crippen molar-refractivity contribution in [1.29, 1.82) is 0 Å². The van der Waals surface area contributed by atoms with Crippen LogP contribution in [0.25, 0.3) is 32.6 Å². The van der Waals surface area contributed by atoms with Gasteiger partial charge in [-0.25, -0.2) is 15.0 Å². The van der Waals surface area contributed by atoms with Crippen LogP contribution in [0.3, 0.4) is 0 Å². The van der Waals surface area contributed by atoms with Crippen molar-refractivity contribution in [2.45, 2.75) is 44.3 Å². The zero-order chi connectivity index (χ0) is 32.4. The lowest BCUT2D eigenvalue weighted by molar-refractivity contribution is -0.119. The summed E-state index contributed by atoms with van der Waals surface area (Å²) in [6, 6.07) is 14.7. The van der Waals surface area contributed by atoms with Crippen molar-refractivity contribution in [3.63, 3.8) is 0 Å². The van der Waals surface area contributed by atoms with E-state index in [4.69, 9.17) is 27.9 Å². The first-order chi connectivity index (χ1) is 22.2. The molecule has 0 spiro atoms. The summed E-state index contributed by atoms with van der Waals surface area (Å²) in [7, 11) is 0. The van der Waals surface area contributed by atoms with Gasteiger partial charge in [-0.15, -0.1) is 11.3 Å². The van der Waals surface area contributed by atoms with Gasteiger partial charge in [0.2, 0.25) is 11.8 Å². The molecule has 46 heavy (non-hydrogen) atoms. The summed E-state index contributed by atoms with van der Waals surface area (Å²) in [5.74, 6) is 0.396. The summed E-state index contributed by atoms with van der Waals surface area (Å²) in [6.07, 6.45) is 2.92. The van der Waals surface area contributed by atoms with Gasteiger partial charge in [0.1, 0.15) is 10.5 Å². The minimum absolute atomic E-state index is 0.00774. The number of amides is 1. The highest BCUT2D eigenvalue weighted by molar-refractivity contribution is 9.08. The lowest BCUT2D eigenvalue weighted by Crippen LogP contribution is -2.35. The van der Waals surface area contributed by atoms with Crippen molar-refractivity contribution < 1.29 is 18.3 Å². The molecule has 1 fully saturated rings. The first-order valence-electron chi connectivity index (χ1n) is 14.3. The van der Waals surface area contributed by atoms with Gasteiger partial charge in [-0.3, -0.25) is 4.79 Å². The second-order valence-electron chi connectivity index (χ2n) is 10.6. The molecule has 0 bridgehead atoms. The van der Waals surface area contributed by atoms with E-state index in [2.05, 4.69) is 46.8 Å². The van der Waals surface area contributed by atoms with E-state index in [0.29, 0.717) is 73.4 Å². The van der Waals surface area contributed by atoms with Gasteiger partial charge in [0.05, 0.1) is 31.5 Å². The molecule has 1 unspecified atom stereocenters. The van der Waals surface area contributed by atoms with E-state index in [0.717, 1.165) is 21.6 Å². The highest BCUT2D eigenvalue weighted by Crippen LogP contribution is 2.43. The quantitative estimate of drug-likeness (QED) is 0.116. The molecule has 3 aromatic heterocycles. The van der Waals surface area contributed by atoms with Gasteiger partial charge in [-0.2, -0.15) is 8.78 Å². The van der Waals surface area contributed by atoms with Crippen LogP contribution in [-0.4, -0.2) is 40.1 Å². The lowest BCUT2D eigenvalue weighted by Gasteiger charge is -2.18. The Morgan fingerprint density at radius 3 is 2.61 bits per heavy atom. The number of carbonyl (C=O) groups excluding carboxylic acids is 1. The molecule has 0 aliphatic carbocycles. The van der Waals surface area contributed by atoms with E-state index < -0.39 is 6.61 Å². The van der Waals surface area contributed by atoms with E-state index in [1.165, 1.54) is 0 Å². The fraction of sp³-hybridized carbons (Fsp3) is 0.250. The molecule has 1 atom stereocenters. The number of benzene rings is 2. The van der Waals surface area contributed by atoms with Crippen LogP contribution in [-0.2, 0) is 16.7 Å². The SMILES string of the molecule is Cc1cc(-c2cccc(-c3cccc(Nc4nccc5sc(CBr)nc45)c3Cl)c2Cl)nc(OC(F)F)c1CNCC1CCC(=O)N1. The van der Waals surface area contributed by atoms with Crippen LogP contribution in [0.15, 0.2) is 54.7 Å². The average molecular weight is 748 g/mol. The third-order valence-corrected chi connectivity index (χ3v) is 10.3. The molecule has 2 aromatic carbocycles. The molecule has 238 valence electrons. The van der Waals surface area contributed by atoms with Gasteiger partial charge >= 0.3 is 6.61 Å². The number of fused-ring (bicyclic) bond motifs is 1. The number of halogens is 5. The second kappa shape index (κ2) is 14.1. The number of anilines is 2. The van der Waals surface area contributed by atoms with E-state index in [1.807, 2.05) is 36.4 Å². The molecule has 3 N–H and O–H groups in total. The average Bonchev–Trinajstić information content (AvgIpc) is 3.65. The Kier molecular flexibility index (Phi) is 10.00. The van der Waals surface area contributed by atoms with Crippen LogP contribution in [0.4, 0.5) is 20.3 Å². The Balaban J connectivity index is 1.31. The number of nitrogens with one attached hydrogen (secondary N) is 3. The van der Waals surface area contributed by atoms with Gasteiger partial charge < -0.3 is 20.7 Å². The standard InChI is InChI=1S/C32H27BrCl2F2N6O2S/c1-16-12-23(42-31(45-32(36)37)21(16)15-38-14-17-8-9-25(44)40-17)20-6-2-4-18(27(20)34)19-5-3-7-22(28(19)35)41-30-29-24(10-11-39-30)46-26(13-33)43-29/h2-7,10-12,17,32,38H,8-9,13-15H2,1H3,(H,39,41)(H,40,44). The van der Waals surface area contributed by atoms with E-state index >= 15 is 0 Å². The molecule has 4 heterocycles. The summed E-state index contributed by atoms with van der Waals surface area (Å²) >= 11 is 19.0. The van der Waals surface area contributed by atoms with Crippen LogP contribution in [0.2, 0.25) is 10.0 Å². The number of aryl methyl sites for hydroxylation is 1. The highest BCUT2D eigenvalue weighted by Gasteiger charge is 2.23. The van der Waals surface area contributed by atoms with Gasteiger partial charge in [0.25, 0.3) is 0 Å². The third-order valence-electron chi connectivity index (χ3n) is 7.57. The lowest BCUT2D eigenvalue weighted by atomic mass is 9.99. The molecule has 1 aliphatic rings. The van der Waals surface area contributed by atoms with Crippen molar-refractivity contribution in [1.82, 2.24) is 25.6 Å². The molecule has 0 radical (unpaired) electrons. The second-order valence-corrected chi connectivity index (χ2v) is 13.1. The highest BCUT2D eigenvalue weighted by atomic mass is 79.9. The maximum atomic E-state index is 13.5. The zero-order valence-electron chi connectivity index (χ0n) is 24.3. The Bertz CT molecular complexity index is 1930. The van der Waals surface area contributed by atoms with Crippen molar-refractivity contribution in [2.75, 3.05) is 11.9 Å². The number of nitrogens with zero attached hydrogens (tertiary/aromatic N) is 3. The number of carbonyl (C=O) groups is 1. The van der Waals surface area contributed by atoms with Crippen molar-refractivity contribution in [3.8, 4) is 28.3 Å². The number of hydrogen-bond donors (Lipinski definition) is 3. The molecular weight excluding hydrogens is 721 g/mol. The van der Waals surface area contributed by atoms with Crippen molar-refractivity contribution in [3.05, 3.63) is 80.9 Å². The number of aromatic nitrogens is 3. The van der Waals surface area contributed by atoms with Gasteiger partial charge in [-0.05, 0) is 37.1 Å². The predicted octanol–water partition coefficient (Wildman–Crippen LogP) is 8.64. The number of hydrogen-bond acceptors (Lipinski definition) is 8. The predicted molar refractivity (Wildman–Crippen MR) is 183 cm³/mol. The number of alkyl halides is 3. The first-order valence-corrected chi connectivity index (χ1v) is 17.0. The van der Waals surface area contributed by atoms with Gasteiger partial charge in [0, 0.05) is 54.0 Å². The smallest absolute Gasteiger partial charge is 0.388 e. The Labute approximate surface area is 286 Å². The van der Waals surface area contributed by atoms with Gasteiger partial charge in [-0.1, -0.05) is 69.5 Å². The fourth-order valence-corrected chi connectivity index (χ4v) is 7.24. The summed E-state index contributed by atoms with van der Waals surface area (Å²) < 4.78 is 32.9. The molecule has 1 aliphatic heterocycles. The van der Waals surface area contributed by atoms with E-state index in [9.17, 15) is 13.6 Å². The summed E-state index contributed by atoms with van der Waals surface area (Å²) in [5, 5.41) is 11.8. The Morgan fingerprint density at radius 2 is 1.87 bits per heavy atom. The first kappa shape index (κ1) is 32.5. The molecule has 6 rings (SSSR count). The fourth-order valence-electron chi connectivity index (χ4n) is 5.36. The van der Waals surface area contributed by atoms with Crippen molar-refractivity contribution >= 4 is 78.1 Å². The van der Waals surface area contributed by atoms with Crippen LogP contribution in [0.1, 0.15) is 29.0 Å². The normalized spacial score (nSPS) is 14.7.